The molecule has 1 aliphatic heterocycles. The Morgan fingerprint density at radius 2 is 1.96 bits per heavy atom. The molecule has 0 radical (unpaired) electrons. The van der Waals surface area contributed by atoms with E-state index in [0.29, 0.717) is 35.6 Å². The number of ether oxygens (including phenoxy) is 2. The molecule has 2 aliphatic rings. The fourth-order valence-corrected chi connectivity index (χ4v) is 3.94. The van der Waals surface area contributed by atoms with Gasteiger partial charge in [0, 0.05) is 11.5 Å². The lowest BCUT2D eigenvalue weighted by atomic mass is 10.1. The van der Waals surface area contributed by atoms with Crippen LogP contribution in [0.3, 0.4) is 0 Å². The molecule has 1 aromatic carbocycles. The Hall–Kier alpha value is -2.93. The van der Waals surface area contributed by atoms with Crippen molar-refractivity contribution in [3.05, 3.63) is 52.5 Å². The lowest BCUT2D eigenvalue weighted by molar-refractivity contribution is 0.103. The maximum Gasteiger partial charge on any atom is 0.268 e. The first-order valence-electron chi connectivity index (χ1n) is 8.90. The maximum absolute atomic E-state index is 12.5. The number of aromatic nitrogens is 2. The number of hydrogen-bond acceptors (Lipinski definition) is 6. The number of nitrogens with one attached hydrogen (secondary N) is 1. The molecular weight excluding hydrogens is 362 g/mol. The Labute approximate surface area is 160 Å². The summed E-state index contributed by atoms with van der Waals surface area (Å²) < 4.78 is 11.2. The highest BCUT2D eigenvalue weighted by atomic mass is 32.1. The van der Waals surface area contributed by atoms with Crippen LogP contribution in [0.25, 0.3) is 11.3 Å². The van der Waals surface area contributed by atoms with Crippen molar-refractivity contribution in [2.75, 3.05) is 18.5 Å². The smallest absolute Gasteiger partial charge is 0.268 e. The fraction of sp³-hybridized carbons (Fsp3) is 0.250. The van der Waals surface area contributed by atoms with E-state index in [4.69, 9.17) is 9.47 Å². The minimum atomic E-state index is -0.175. The molecule has 6 nitrogen and oxygen atoms in total. The Kier molecular flexibility index (Phi) is 4.01. The zero-order valence-electron chi connectivity index (χ0n) is 14.5. The summed E-state index contributed by atoms with van der Waals surface area (Å²) in [5, 5.41) is 3.92. The van der Waals surface area contributed by atoms with Gasteiger partial charge in [-0.3, -0.25) is 4.79 Å². The highest BCUT2D eigenvalue weighted by Crippen LogP contribution is 2.41. The van der Waals surface area contributed by atoms with Crippen molar-refractivity contribution >= 4 is 23.1 Å². The number of anilines is 1. The molecule has 0 bridgehead atoms. The first-order chi connectivity index (χ1) is 13.3. The molecule has 3 heterocycles. The highest BCUT2D eigenvalue weighted by Gasteiger charge is 2.27. The molecule has 1 amide bonds. The third-order valence-electron chi connectivity index (χ3n) is 4.50. The number of carbonyl (C=O) groups excluding carboxylic acids is 1. The van der Waals surface area contributed by atoms with Gasteiger partial charge >= 0.3 is 0 Å². The number of fused-ring (bicyclic) bond motifs is 1. The van der Waals surface area contributed by atoms with E-state index < -0.39 is 0 Å². The summed E-state index contributed by atoms with van der Waals surface area (Å²) in [5.41, 5.74) is 1.66. The number of thiazole rings is 1. The van der Waals surface area contributed by atoms with E-state index in [1.807, 2.05) is 30.3 Å². The summed E-state index contributed by atoms with van der Waals surface area (Å²) >= 11 is 1.47. The number of hydrogen-bond donors (Lipinski definition) is 1. The lowest BCUT2D eigenvalue weighted by Gasteiger charge is -2.18. The monoisotopic (exact) mass is 379 g/mol. The molecule has 27 heavy (non-hydrogen) atoms. The van der Waals surface area contributed by atoms with Gasteiger partial charge in [0.15, 0.2) is 11.5 Å². The van der Waals surface area contributed by atoms with Crippen LogP contribution in [0, 0.1) is 0 Å². The van der Waals surface area contributed by atoms with Crippen LogP contribution in [0.1, 0.15) is 33.4 Å². The molecule has 1 saturated carbocycles. The molecule has 1 aliphatic carbocycles. The van der Waals surface area contributed by atoms with Crippen LogP contribution in [-0.2, 0) is 0 Å². The quantitative estimate of drug-likeness (QED) is 0.739. The topological polar surface area (TPSA) is 73.3 Å². The molecule has 3 aromatic rings. The van der Waals surface area contributed by atoms with Crippen LogP contribution in [-0.4, -0.2) is 29.1 Å². The van der Waals surface area contributed by atoms with Gasteiger partial charge in [0.25, 0.3) is 5.91 Å². The third kappa shape index (κ3) is 3.38. The number of rotatable bonds is 4. The van der Waals surface area contributed by atoms with Crippen molar-refractivity contribution in [3.63, 3.8) is 0 Å². The van der Waals surface area contributed by atoms with E-state index in [9.17, 15) is 4.79 Å². The maximum atomic E-state index is 12.5. The Bertz CT molecular complexity index is 1010. The molecule has 7 heteroatoms. The predicted octanol–water partition coefficient (Wildman–Crippen LogP) is 4.11. The van der Waals surface area contributed by atoms with E-state index in [1.165, 1.54) is 24.2 Å². The minimum Gasteiger partial charge on any atom is -0.486 e. The summed E-state index contributed by atoms with van der Waals surface area (Å²) in [6.45, 7) is 1.10. The number of carbonyl (C=O) groups is 1. The number of benzene rings is 1. The predicted molar refractivity (Wildman–Crippen MR) is 103 cm³/mol. The van der Waals surface area contributed by atoms with Crippen molar-refractivity contribution in [1.29, 1.82) is 0 Å². The first kappa shape index (κ1) is 16.3. The standard InChI is InChI=1S/C20H17N3O3S/c24-19(17-11-21-20(27-17)12-4-5-12)23-18-3-1-2-14(22-18)13-6-7-15-16(10-13)26-9-8-25-15/h1-3,6-7,10-12H,4-5,8-9H2,(H,22,23,24). The van der Waals surface area contributed by atoms with Gasteiger partial charge in [0.05, 0.1) is 16.9 Å². The fourth-order valence-electron chi connectivity index (χ4n) is 2.96. The molecular formula is C20H17N3O3S. The van der Waals surface area contributed by atoms with Crippen LogP contribution >= 0.6 is 11.3 Å². The number of pyridine rings is 1. The van der Waals surface area contributed by atoms with Crippen LogP contribution < -0.4 is 14.8 Å². The van der Waals surface area contributed by atoms with E-state index in [-0.39, 0.29) is 5.91 Å². The largest absolute Gasteiger partial charge is 0.486 e. The normalized spacial score (nSPS) is 15.4. The number of amides is 1. The molecule has 0 atom stereocenters. The molecule has 0 spiro atoms. The molecule has 1 N–H and O–H groups in total. The highest BCUT2D eigenvalue weighted by molar-refractivity contribution is 7.13. The van der Waals surface area contributed by atoms with E-state index >= 15 is 0 Å². The van der Waals surface area contributed by atoms with E-state index in [1.54, 1.807) is 12.3 Å². The minimum absolute atomic E-state index is 0.175. The summed E-state index contributed by atoms with van der Waals surface area (Å²) in [5.74, 6) is 2.34. The third-order valence-corrected chi connectivity index (χ3v) is 5.66. The lowest BCUT2D eigenvalue weighted by Crippen LogP contribution is -2.15. The summed E-state index contributed by atoms with van der Waals surface area (Å²) in [7, 11) is 0. The van der Waals surface area contributed by atoms with Gasteiger partial charge in [-0.25, -0.2) is 9.97 Å². The zero-order valence-corrected chi connectivity index (χ0v) is 15.3. The molecule has 0 saturated heterocycles. The van der Waals surface area contributed by atoms with E-state index in [0.717, 1.165) is 22.0 Å². The molecule has 1 fully saturated rings. The van der Waals surface area contributed by atoms with Crippen molar-refractivity contribution < 1.29 is 14.3 Å². The molecule has 5 rings (SSSR count). The molecule has 2 aromatic heterocycles. The first-order valence-corrected chi connectivity index (χ1v) is 9.72. The van der Waals surface area contributed by atoms with E-state index in [2.05, 4.69) is 15.3 Å². The second-order valence-corrected chi connectivity index (χ2v) is 7.62. The average Bonchev–Trinajstić information content (AvgIpc) is 3.44. The van der Waals surface area contributed by atoms with Crippen LogP contribution in [0.5, 0.6) is 11.5 Å². The van der Waals surface area contributed by atoms with Crippen LogP contribution in [0.2, 0.25) is 0 Å². The Morgan fingerprint density at radius 3 is 2.81 bits per heavy atom. The van der Waals surface area contributed by atoms with Gasteiger partial charge in [-0.1, -0.05) is 6.07 Å². The molecule has 136 valence electrons. The summed E-state index contributed by atoms with van der Waals surface area (Å²) in [4.78, 5) is 22.0. The SMILES string of the molecule is O=C(Nc1cccc(-c2ccc3c(c2)OCCO3)n1)c1cnc(C2CC2)s1. The van der Waals surface area contributed by atoms with Gasteiger partial charge in [-0.15, -0.1) is 11.3 Å². The van der Waals surface area contributed by atoms with Gasteiger partial charge in [0.2, 0.25) is 0 Å². The second kappa shape index (κ2) is 6.66. The number of nitrogens with zero attached hydrogens (tertiary/aromatic N) is 2. The average molecular weight is 379 g/mol. The summed E-state index contributed by atoms with van der Waals surface area (Å²) in [6, 6.07) is 11.3. The summed E-state index contributed by atoms with van der Waals surface area (Å²) in [6.07, 6.45) is 4.00. The zero-order chi connectivity index (χ0) is 18.2. The Morgan fingerprint density at radius 1 is 1.11 bits per heavy atom. The van der Waals surface area contributed by atoms with Crippen molar-refractivity contribution in [1.82, 2.24) is 9.97 Å². The van der Waals surface area contributed by atoms with Gasteiger partial charge < -0.3 is 14.8 Å². The van der Waals surface area contributed by atoms with Crippen LogP contribution in [0.4, 0.5) is 5.82 Å². The van der Waals surface area contributed by atoms with Crippen LogP contribution in [0.15, 0.2) is 42.6 Å². The van der Waals surface area contributed by atoms with Gasteiger partial charge in [-0.2, -0.15) is 0 Å². The van der Waals surface area contributed by atoms with Gasteiger partial charge in [0.1, 0.15) is 23.9 Å². The molecule has 0 unspecified atom stereocenters. The van der Waals surface area contributed by atoms with Crippen molar-refractivity contribution in [2.45, 2.75) is 18.8 Å². The second-order valence-electron chi connectivity index (χ2n) is 6.56. The van der Waals surface area contributed by atoms with Gasteiger partial charge in [-0.05, 0) is 43.2 Å². The Balaban J connectivity index is 1.36. The van der Waals surface area contributed by atoms with Crippen molar-refractivity contribution in [3.8, 4) is 22.8 Å². The van der Waals surface area contributed by atoms with Crippen molar-refractivity contribution in [2.24, 2.45) is 0 Å².